The number of carboxylic acids is 2. The molecule has 0 amide bonds. The normalized spacial score (nSPS) is 13.7. The van der Waals surface area contributed by atoms with Gasteiger partial charge in [-0.2, -0.15) is 0 Å². The number of hydrogen-bond donors (Lipinski definition) is 4. The van der Waals surface area contributed by atoms with Gasteiger partial charge in [-0.15, -0.1) is 0 Å². The molecule has 0 aliphatic carbocycles. The molecule has 0 aliphatic rings. The van der Waals surface area contributed by atoms with E-state index in [0.29, 0.717) is 6.42 Å². The van der Waals surface area contributed by atoms with E-state index in [1.165, 1.54) is 0 Å². The molecule has 1 aromatic rings. The first kappa shape index (κ1) is 17.1. The van der Waals surface area contributed by atoms with Gasteiger partial charge in [0, 0.05) is 0 Å². The summed E-state index contributed by atoms with van der Waals surface area (Å²) < 4.78 is 0. The maximum atomic E-state index is 10.9. The second-order valence-electron chi connectivity index (χ2n) is 5.09. The van der Waals surface area contributed by atoms with Crippen molar-refractivity contribution in [3.8, 4) is 0 Å². The number of hydrogen-bond acceptors (Lipinski definition) is 4. The highest BCUT2D eigenvalue weighted by molar-refractivity contribution is 5.80. The van der Waals surface area contributed by atoms with E-state index in [4.69, 9.17) is 10.2 Å². The first-order chi connectivity index (χ1) is 9.81. The van der Waals surface area contributed by atoms with Crippen LogP contribution in [0, 0.1) is 13.8 Å². The fraction of sp³-hybridized carbons (Fsp3) is 0.467. The van der Waals surface area contributed by atoms with E-state index in [9.17, 15) is 14.7 Å². The zero-order chi connectivity index (χ0) is 16.0. The van der Waals surface area contributed by atoms with E-state index in [2.05, 4.69) is 5.32 Å². The Kier molecular flexibility index (Phi) is 6.33. The first-order valence-corrected chi connectivity index (χ1v) is 6.74. The molecule has 6 heteroatoms. The van der Waals surface area contributed by atoms with Crippen LogP contribution in [0.25, 0.3) is 0 Å². The number of aryl methyl sites for hydroxylation is 2. The monoisotopic (exact) mass is 295 g/mol. The summed E-state index contributed by atoms with van der Waals surface area (Å²) in [6.07, 6.45) is -0.892. The Hall–Kier alpha value is -1.92. The standard InChI is InChI=1S/C15H21NO5/c1-9-3-4-11(7-10(9)2)13(17)5-6-16-12(15(20)21)8-14(18)19/h3-4,7,12-13,16-17H,5-6,8H2,1-2H3,(H,18,19)(H,20,21). The topological polar surface area (TPSA) is 107 Å². The minimum atomic E-state index is -1.21. The lowest BCUT2D eigenvalue weighted by Gasteiger charge is -2.16. The number of benzene rings is 1. The lowest BCUT2D eigenvalue weighted by atomic mass is 10.0. The van der Waals surface area contributed by atoms with Crippen molar-refractivity contribution in [3.05, 3.63) is 34.9 Å². The highest BCUT2D eigenvalue weighted by atomic mass is 16.4. The maximum Gasteiger partial charge on any atom is 0.321 e. The molecule has 0 fully saturated rings. The molecule has 1 aromatic carbocycles. The number of nitrogens with one attached hydrogen (secondary N) is 1. The quantitative estimate of drug-likeness (QED) is 0.575. The van der Waals surface area contributed by atoms with Crippen LogP contribution in [-0.2, 0) is 9.59 Å². The largest absolute Gasteiger partial charge is 0.481 e. The fourth-order valence-corrected chi connectivity index (χ4v) is 1.95. The SMILES string of the molecule is Cc1ccc(C(O)CCNC(CC(=O)O)C(=O)O)cc1C. The number of aliphatic carboxylic acids is 2. The van der Waals surface area contributed by atoms with E-state index in [-0.39, 0.29) is 6.54 Å². The van der Waals surface area contributed by atoms with Crippen molar-refractivity contribution in [1.82, 2.24) is 5.32 Å². The predicted octanol–water partition coefficient (Wildman–Crippen LogP) is 1.24. The minimum absolute atomic E-state index is 0.221. The van der Waals surface area contributed by atoms with Crippen LogP contribution in [0.3, 0.4) is 0 Å². The summed E-state index contributed by atoms with van der Waals surface area (Å²) >= 11 is 0. The van der Waals surface area contributed by atoms with Crippen molar-refractivity contribution in [1.29, 1.82) is 0 Å². The molecule has 0 saturated carbocycles. The van der Waals surface area contributed by atoms with E-state index in [1.54, 1.807) is 0 Å². The van der Waals surface area contributed by atoms with Gasteiger partial charge in [-0.25, -0.2) is 0 Å². The molecule has 6 nitrogen and oxygen atoms in total. The lowest BCUT2D eigenvalue weighted by molar-refractivity contribution is -0.145. The Bertz CT molecular complexity index is 515. The van der Waals surface area contributed by atoms with E-state index < -0.39 is 30.5 Å². The third-order valence-electron chi connectivity index (χ3n) is 3.40. The van der Waals surface area contributed by atoms with E-state index in [0.717, 1.165) is 16.7 Å². The van der Waals surface area contributed by atoms with Crippen LogP contribution >= 0.6 is 0 Å². The summed E-state index contributed by atoms with van der Waals surface area (Å²) in [5, 5.41) is 30.2. The van der Waals surface area contributed by atoms with Crippen LogP contribution < -0.4 is 5.32 Å². The van der Waals surface area contributed by atoms with Crippen molar-refractivity contribution in [2.75, 3.05) is 6.54 Å². The van der Waals surface area contributed by atoms with Crippen molar-refractivity contribution in [2.45, 2.75) is 38.8 Å². The van der Waals surface area contributed by atoms with Gasteiger partial charge >= 0.3 is 11.9 Å². The molecule has 0 heterocycles. The molecular formula is C15H21NO5. The predicted molar refractivity (Wildman–Crippen MR) is 77.2 cm³/mol. The molecule has 0 bridgehead atoms. The van der Waals surface area contributed by atoms with Gasteiger partial charge in [-0.05, 0) is 43.5 Å². The number of rotatable bonds is 8. The number of carbonyl (C=O) groups is 2. The van der Waals surface area contributed by atoms with Crippen LogP contribution in [0.4, 0.5) is 0 Å². The van der Waals surface area contributed by atoms with Crippen LogP contribution in [0.2, 0.25) is 0 Å². The van der Waals surface area contributed by atoms with Crippen LogP contribution in [0.15, 0.2) is 18.2 Å². The Labute approximate surface area is 123 Å². The van der Waals surface area contributed by atoms with Crippen molar-refractivity contribution in [2.24, 2.45) is 0 Å². The van der Waals surface area contributed by atoms with Crippen LogP contribution in [0.5, 0.6) is 0 Å². The highest BCUT2D eigenvalue weighted by Crippen LogP contribution is 2.19. The van der Waals surface area contributed by atoms with E-state index in [1.807, 2.05) is 32.0 Å². The third kappa shape index (κ3) is 5.53. The second-order valence-corrected chi connectivity index (χ2v) is 5.09. The lowest BCUT2D eigenvalue weighted by Crippen LogP contribution is -2.39. The summed E-state index contributed by atoms with van der Waals surface area (Å²) in [4.78, 5) is 21.4. The van der Waals surface area contributed by atoms with Crippen LogP contribution in [-0.4, -0.2) is 39.8 Å². The summed E-state index contributed by atoms with van der Waals surface area (Å²) in [5.74, 6) is -2.39. The molecule has 21 heavy (non-hydrogen) atoms. The van der Waals surface area contributed by atoms with Gasteiger partial charge in [0.15, 0.2) is 0 Å². The van der Waals surface area contributed by atoms with Crippen molar-refractivity contribution in [3.63, 3.8) is 0 Å². The smallest absolute Gasteiger partial charge is 0.321 e. The Balaban J connectivity index is 2.51. The zero-order valence-corrected chi connectivity index (χ0v) is 12.2. The van der Waals surface area contributed by atoms with Gasteiger partial charge in [0.05, 0.1) is 12.5 Å². The second kappa shape index (κ2) is 7.75. The Morgan fingerprint density at radius 3 is 2.38 bits per heavy atom. The zero-order valence-electron chi connectivity index (χ0n) is 12.2. The molecule has 4 N–H and O–H groups in total. The Morgan fingerprint density at radius 1 is 1.19 bits per heavy atom. The average molecular weight is 295 g/mol. The highest BCUT2D eigenvalue weighted by Gasteiger charge is 2.20. The summed E-state index contributed by atoms with van der Waals surface area (Å²) in [7, 11) is 0. The molecule has 2 atom stereocenters. The molecule has 2 unspecified atom stereocenters. The van der Waals surface area contributed by atoms with Gasteiger partial charge in [-0.1, -0.05) is 18.2 Å². The van der Waals surface area contributed by atoms with E-state index >= 15 is 0 Å². The van der Waals surface area contributed by atoms with Gasteiger partial charge in [-0.3, -0.25) is 9.59 Å². The third-order valence-corrected chi connectivity index (χ3v) is 3.40. The summed E-state index contributed by atoms with van der Waals surface area (Å²) in [6, 6.07) is 4.51. The van der Waals surface area contributed by atoms with Crippen molar-refractivity contribution >= 4 is 11.9 Å². The van der Waals surface area contributed by atoms with Gasteiger partial charge in [0.25, 0.3) is 0 Å². The molecule has 0 aromatic heterocycles. The summed E-state index contributed by atoms with van der Waals surface area (Å²) in [6.45, 7) is 4.16. The van der Waals surface area contributed by atoms with Crippen molar-refractivity contribution < 1.29 is 24.9 Å². The first-order valence-electron chi connectivity index (χ1n) is 6.74. The fourth-order valence-electron chi connectivity index (χ4n) is 1.95. The molecule has 116 valence electrons. The average Bonchev–Trinajstić information content (AvgIpc) is 2.40. The summed E-state index contributed by atoms with van der Waals surface area (Å²) in [5.41, 5.74) is 2.98. The molecule has 0 spiro atoms. The molecule has 0 aliphatic heterocycles. The number of aliphatic hydroxyl groups excluding tert-OH is 1. The molecule has 0 saturated heterocycles. The van der Waals surface area contributed by atoms with Gasteiger partial charge in [0.2, 0.25) is 0 Å². The number of carboxylic acid groups (broad SMARTS) is 2. The number of aliphatic hydroxyl groups is 1. The molecule has 0 radical (unpaired) electrons. The maximum absolute atomic E-state index is 10.9. The van der Waals surface area contributed by atoms with Gasteiger partial charge < -0.3 is 20.6 Å². The molecule has 1 rings (SSSR count). The van der Waals surface area contributed by atoms with Crippen LogP contribution in [0.1, 0.15) is 35.6 Å². The molecular weight excluding hydrogens is 274 g/mol. The van der Waals surface area contributed by atoms with Gasteiger partial charge in [0.1, 0.15) is 6.04 Å². The Morgan fingerprint density at radius 2 is 1.86 bits per heavy atom. The minimum Gasteiger partial charge on any atom is -0.481 e.